The highest BCUT2D eigenvalue weighted by atomic mass is 16.2. The summed E-state index contributed by atoms with van der Waals surface area (Å²) in [6.07, 6.45) is 0.956. The number of amides is 5. The molecule has 8 N–H and O–H groups in total. The monoisotopic (exact) mass is 594 g/mol. The van der Waals surface area contributed by atoms with Crippen LogP contribution >= 0.6 is 0 Å². The van der Waals surface area contributed by atoms with Crippen molar-refractivity contribution in [1.29, 1.82) is 0 Å². The minimum absolute atomic E-state index is 0.0857. The summed E-state index contributed by atoms with van der Waals surface area (Å²) >= 11 is 0. The molecule has 0 bridgehead atoms. The van der Waals surface area contributed by atoms with Gasteiger partial charge in [0, 0.05) is 12.8 Å². The van der Waals surface area contributed by atoms with E-state index in [-0.39, 0.29) is 24.7 Å². The Kier molecular flexibility index (Phi) is 13.8. The first-order valence-electron chi connectivity index (χ1n) is 14.7. The van der Waals surface area contributed by atoms with Gasteiger partial charge < -0.3 is 32.7 Å². The Morgan fingerprint density at radius 2 is 1.09 bits per heavy atom. The van der Waals surface area contributed by atoms with Crippen molar-refractivity contribution in [3.8, 4) is 0 Å². The predicted molar refractivity (Wildman–Crippen MR) is 165 cm³/mol. The van der Waals surface area contributed by atoms with Crippen molar-refractivity contribution >= 4 is 29.5 Å². The third-order valence-corrected chi connectivity index (χ3v) is 7.42. The predicted octanol–water partition coefficient (Wildman–Crippen LogP) is 0.946. The van der Waals surface area contributed by atoms with Gasteiger partial charge >= 0.3 is 0 Å². The maximum absolute atomic E-state index is 13.8. The first kappa shape index (κ1) is 34.9. The average molecular weight is 595 g/mol. The van der Waals surface area contributed by atoms with Crippen molar-refractivity contribution in [2.24, 2.45) is 23.3 Å². The van der Waals surface area contributed by atoms with Gasteiger partial charge in [0.05, 0.1) is 6.04 Å². The first-order chi connectivity index (χ1) is 20.3. The molecule has 0 aromatic heterocycles. The average Bonchev–Trinajstić information content (AvgIpc) is 2.98. The van der Waals surface area contributed by atoms with Crippen LogP contribution in [0.2, 0.25) is 0 Å². The molecule has 0 aliphatic heterocycles. The van der Waals surface area contributed by atoms with Gasteiger partial charge in [-0.15, -0.1) is 0 Å². The summed E-state index contributed by atoms with van der Waals surface area (Å²) in [4.78, 5) is 64.9. The smallest absolute Gasteiger partial charge is 0.243 e. The van der Waals surface area contributed by atoms with E-state index in [1.54, 1.807) is 13.8 Å². The molecule has 0 heterocycles. The van der Waals surface area contributed by atoms with Gasteiger partial charge in [-0.1, -0.05) is 94.8 Å². The first-order valence-corrected chi connectivity index (χ1v) is 14.7. The van der Waals surface area contributed by atoms with E-state index in [9.17, 15) is 24.0 Å². The molecule has 0 radical (unpaired) electrons. The van der Waals surface area contributed by atoms with Gasteiger partial charge in [0.15, 0.2) is 0 Å². The van der Waals surface area contributed by atoms with Gasteiger partial charge in [0.25, 0.3) is 0 Å². The summed E-state index contributed by atoms with van der Waals surface area (Å²) < 4.78 is 0. The third kappa shape index (κ3) is 11.2. The van der Waals surface area contributed by atoms with E-state index >= 15 is 0 Å². The van der Waals surface area contributed by atoms with Crippen molar-refractivity contribution in [3.05, 3.63) is 71.8 Å². The van der Waals surface area contributed by atoms with Crippen molar-refractivity contribution in [2.45, 2.75) is 84.1 Å². The summed E-state index contributed by atoms with van der Waals surface area (Å²) in [5.41, 5.74) is 13.0. The minimum Gasteiger partial charge on any atom is -0.368 e. The molecule has 0 unspecified atom stereocenters. The second-order valence-electron chi connectivity index (χ2n) is 11.3. The maximum Gasteiger partial charge on any atom is 0.243 e. The van der Waals surface area contributed by atoms with Crippen LogP contribution in [0, 0.1) is 11.8 Å². The van der Waals surface area contributed by atoms with Crippen LogP contribution in [-0.4, -0.2) is 59.7 Å². The van der Waals surface area contributed by atoms with Crippen LogP contribution in [0.15, 0.2) is 60.7 Å². The van der Waals surface area contributed by atoms with Crippen molar-refractivity contribution in [3.63, 3.8) is 0 Å². The second kappa shape index (κ2) is 17.0. The molecule has 2 aromatic rings. The summed E-state index contributed by atoms with van der Waals surface area (Å²) in [6, 6.07) is 13.3. The highest BCUT2D eigenvalue weighted by Crippen LogP contribution is 2.11. The Balaban J connectivity index is 2.33. The van der Waals surface area contributed by atoms with Crippen LogP contribution < -0.4 is 32.7 Å². The number of hydrogen-bond acceptors (Lipinski definition) is 6. The molecule has 0 spiro atoms. The fourth-order valence-corrected chi connectivity index (χ4v) is 4.33. The normalized spacial score (nSPS) is 15.2. The summed E-state index contributed by atoms with van der Waals surface area (Å²) in [5.74, 6) is -3.32. The van der Waals surface area contributed by atoms with Gasteiger partial charge in [-0.05, 0) is 29.9 Å². The molecule has 2 aromatic carbocycles. The van der Waals surface area contributed by atoms with Gasteiger partial charge in [0.1, 0.15) is 24.2 Å². The van der Waals surface area contributed by atoms with Crippen LogP contribution in [-0.2, 0) is 36.8 Å². The second-order valence-corrected chi connectivity index (χ2v) is 11.3. The minimum atomic E-state index is -1.09. The third-order valence-electron chi connectivity index (χ3n) is 7.42. The maximum atomic E-state index is 13.8. The standard InChI is InChI=1S/C32H46N6O5/c1-6-20(4)26(33)31(42)38-27(19(2)3)32(43)37-25(18-23-15-11-8-12-16-23)30(41)36-24(17-22-13-9-7-10-14-22)29(40)35-21(5)28(34)39/h7-16,19-21,24-27H,6,17-18,33H2,1-5H3,(H2,34,39)(H,35,40)(H,36,41)(H,37,43)(H,38,42)/t20-,21+,24+,25+,26+,27+/m0/s1. The number of primary amides is 1. The van der Waals surface area contributed by atoms with E-state index in [2.05, 4.69) is 21.3 Å². The van der Waals surface area contributed by atoms with Crippen molar-refractivity contribution in [2.75, 3.05) is 0 Å². The lowest BCUT2D eigenvalue weighted by Gasteiger charge is -2.28. The molecular formula is C32H46N6O5. The fourth-order valence-electron chi connectivity index (χ4n) is 4.33. The van der Waals surface area contributed by atoms with E-state index in [1.165, 1.54) is 6.92 Å². The van der Waals surface area contributed by atoms with Crippen LogP contribution in [0.1, 0.15) is 52.2 Å². The Labute approximate surface area is 253 Å². The Morgan fingerprint density at radius 3 is 1.51 bits per heavy atom. The van der Waals surface area contributed by atoms with Crippen LogP contribution in [0.3, 0.4) is 0 Å². The summed E-state index contributed by atoms with van der Waals surface area (Å²) in [5, 5.41) is 10.8. The zero-order valence-corrected chi connectivity index (χ0v) is 25.6. The van der Waals surface area contributed by atoms with Gasteiger partial charge in [-0.2, -0.15) is 0 Å². The molecular weight excluding hydrogens is 548 g/mol. The topological polar surface area (TPSA) is 186 Å². The lowest BCUT2D eigenvalue weighted by molar-refractivity contribution is -0.135. The highest BCUT2D eigenvalue weighted by molar-refractivity contribution is 5.96. The number of nitrogens with two attached hydrogens (primary N) is 2. The van der Waals surface area contributed by atoms with Gasteiger partial charge in [0.2, 0.25) is 29.5 Å². The quantitative estimate of drug-likeness (QED) is 0.168. The Morgan fingerprint density at radius 1 is 0.651 bits per heavy atom. The molecule has 0 aliphatic carbocycles. The SMILES string of the molecule is CC[C@H](C)[C@@H](N)C(=O)N[C@@H](C(=O)N[C@H](Cc1ccccc1)C(=O)N[C@H](Cc1ccccc1)C(=O)N[C@H](C)C(N)=O)C(C)C. The number of benzene rings is 2. The molecule has 11 heteroatoms. The van der Waals surface area contributed by atoms with Crippen LogP contribution in [0.5, 0.6) is 0 Å². The molecule has 43 heavy (non-hydrogen) atoms. The molecule has 234 valence electrons. The summed E-state index contributed by atoms with van der Waals surface area (Å²) in [7, 11) is 0. The van der Waals surface area contributed by atoms with E-state index < -0.39 is 59.7 Å². The van der Waals surface area contributed by atoms with Crippen molar-refractivity contribution in [1.82, 2.24) is 21.3 Å². The zero-order valence-electron chi connectivity index (χ0n) is 25.6. The number of carbonyl (C=O) groups is 5. The Hall–Kier alpha value is -4.25. The lowest BCUT2D eigenvalue weighted by atomic mass is 9.97. The number of nitrogens with one attached hydrogen (secondary N) is 4. The molecule has 0 saturated heterocycles. The molecule has 0 saturated carbocycles. The van der Waals surface area contributed by atoms with E-state index in [0.29, 0.717) is 6.42 Å². The zero-order chi connectivity index (χ0) is 32.1. The molecule has 11 nitrogen and oxygen atoms in total. The van der Waals surface area contributed by atoms with Crippen molar-refractivity contribution < 1.29 is 24.0 Å². The molecule has 0 aliphatic rings. The Bertz CT molecular complexity index is 1220. The molecule has 5 amide bonds. The molecule has 0 fully saturated rings. The number of rotatable bonds is 16. The molecule has 6 atom stereocenters. The van der Waals surface area contributed by atoms with E-state index in [4.69, 9.17) is 11.5 Å². The van der Waals surface area contributed by atoms with Crippen LogP contribution in [0.4, 0.5) is 0 Å². The lowest BCUT2D eigenvalue weighted by Crippen LogP contribution is -2.60. The van der Waals surface area contributed by atoms with Crippen LogP contribution in [0.25, 0.3) is 0 Å². The largest absolute Gasteiger partial charge is 0.368 e. The van der Waals surface area contributed by atoms with E-state index in [0.717, 1.165) is 11.1 Å². The van der Waals surface area contributed by atoms with Gasteiger partial charge in [-0.25, -0.2) is 0 Å². The summed E-state index contributed by atoms with van der Waals surface area (Å²) in [6.45, 7) is 8.81. The fraction of sp³-hybridized carbons (Fsp3) is 0.469. The van der Waals surface area contributed by atoms with Gasteiger partial charge in [-0.3, -0.25) is 24.0 Å². The van der Waals surface area contributed by atoms with E-state index in [1.807, 2.05) is 74.5 Å². The number of hydrogen-bond donors (Lipinski definition) is 6. The number of carbonyl (C=O) groups excluding carboxylic acids is 5. The highest BCUT2D eigenvalue weighted by Gasteiger charge is 2.33. The molecule has 2 rings (SSSR count).